The number of carbonyl (C=O) groups is 1. The zero-order chi connectivity index (χ0) is 12.8. The molecule has 0 aliphatic carbocycles. The van der Waals surface area contributed by atoms with Crippen molar-refractivity contribution >= 4 is 5.97 Å². The lowest BCUT2D eigenvalue weighted by Crippen LogP contribution is -2.41. The smallest absolute Gasteiger partial charge is 0.325 e. The molecule has 1 aromatic carbocycles. The summed E-state index contributed by atoms with van der Waals surface area (Å²) >= 11 is 0. The van der Waals surface area contributed by atoms with Crippen molar-refractivity contribution in [1.29, 1.82) is 0 Å². The zero-order valence-electron chi connectivity index (χ0n) is 10.4. The van der Waals surface area contributed by atoms with E-state index in [4.69, 9.17) is 4.74 Å². The van der Waals surface area contributed by atoms with Crippen molar-refractivity contribution in [3.63, 3.8) is 0 Å². The Hall–Kier alpha value is -1.39. The molecule has 0 radical (unpaired) electrons. The fraction of sp³-hybridized carbons (Fsp3) is 0.462. The molecule has 94 valence electrons. The molecule has 1 rings (SSSR count). The van der Waals surface area contributed by atoms with E-state index in [1.165, 1.54) is 0 Å². The van der Waals surface area contributed by atoms with E-state index in [1.807, 2.05) is 32.0 Å². The van der Waals surface area contributed by atoms with Crippen LogP contribution in [0.5, 0.6) is 0 Å². The Morgan fingerprint density at radius 2 is 1.88 bits per heavy atom. The summed E-state index contributed by atoms with van der Waals surface area (Å²) in [6.45, 7) is 3.81. The predicted molar refractivity (Wildman–Crippen MR) is 65.9 cm³/mol. The maximum Gasteiger partial charge on any atom is 0.325 e. The van der Waals surface area contributed by atoms with Crippen molar-refractivity contribution in [3.05, 3.63) is 35.9 Å². The summed E-state index contributed by atoms with van der Waals surface area (Å²) in [5.74, 6) is -0.883. The zero-order valence-corrected chi connectivity index (χ0v) is 10.4. The van der Waals surface area contributed by atoms with Crippen molar-refractivity contribution in [3.8, 4) is 0 Å². The Bertz CT molecular complexity index is 353. The first-order valence-electron chi connectivity index (χ1n) is 5.63. The number of nitrogens with one attached hydrogen (secondary N) is 1. The topological polar surface area (TPSA) is 58.6 Å². The lowest BCUT2D eigenvalue weighted by molar-refractivity contribution is -0.140. The number of hydrogen-bond donors (Lipinski definition) is 2. The van der Waals surface area contributed by atoms with Crippen LogP contribution >= 0.6 is 0 Å². The molecule has 0 aliphatic heterocycles. The molecule has 0 bridgehead atoms. The van der Waals surface area contributed by atoms with Gasteiger partial charge in [-0.3, -0.25) is 10.1 Å². The summed E-state index contributed by atoms with van der Waals surface area (Å²) in [5.41, 5.74) is 0.746. The molecule has 4 nitrogen and oxygen atoms in total. The highest BCUT2D eigenvalue weighted by atomic mass is 16.5. The van der Waals surface area contributed by atoms with Crippen LogP contribution in [0.25, 0.3) is 0 Å². The number of carboxylic acid groups (broad SMARTS) is 1. The molecular weight excluding hydrogens is 218 g/mol. The van der Waals surface area contributed by atoms with E-state index >= 15 is 0 Å². The number of ether oxygens (including phenoxy) is 1. The first kappa shape index (κ1) is 13.7. The first-order chi connectivity index (χ1) is 8.06. The average molecular weight is 237 g/mol. The molecule has 0 fully saturated rings. The Morgan fingerprint density at radius 3 is 2.35 bits per heavy atom. The van der Waals surface area contributed by atoms with Crippen molar-refractivity contribution in [2.75, 3.05) is 7.11 Å². The maximum absolute atomic E-state index is 11.2. The summed E-state index contributed by atoms with van der Waals surface area (Å²) in [5, 5.41) is 12.3. The Kier molecular flexibility index (Phi) is 5.12. The van der Waals surface area contributed by atoms with Crippen LogP contribution in [0, 0.1) is 0 Å². The fourth-order valence-electron chi connectivity index (χ4n) is 1.56. The van der Waals surface area contributed by atoms with Crippen LogP contribution in [0.4, 0.5) is 0 Å². The molecule has 1 aromatic rings. The third-order valence-electron chi connectivity index (χ3n) is 2.89. The molecule has 3 unspecified atom stereocenters. The second-order valence-corrected chi connectivity index (χ2v) is 4.08. The molecule has 0 aromatic heterocycles. The minimum absolute atomic E-state index is 0.0405. The summed E-state index contributed by atoms with van der Waals surface area (Å²) in [6.07, 6.45) is -0.0411. The standard InChI is InChI=1S/C13H19NO3/c1-9(10(2)17-3)14-12(13(15)16)11-7-5-4-6-8-11/h4-10,12,14H,1-3H3,(H,15,16). The summed E-state index contributed by atoms with van der Waals surface area (Å²) in [7, 11) is 1.61. The van der Waals surface area contributed by atoms with Crippen LogP contribution < -0.4 is 5.32 Å². The van der Waals surface area contributed by atoms with Gasteiger partial charge in [0.25, 0.3) is 0 Å². The maximum atomic E-state index is 11.2. The van der Waals surface area contributed by atoms with Crippen LogP contribution in [0.2, 0.25) is 0 Å². The number of rotatable bonds is 6. The van der Waals surface area contributed by atoms with Crippen LogP contribution in [0.1, 0.15) is 25.5 Å². The molecule has 4 heteroatoms. The van der Waals surface area contributed by atoms with Gasteiger partial charge in [-0.2, -0.15) is 0 Å². The van der Waals surface area contributed by atoms with Gasteiger partial charge in [-0.1, -0.05) is 30.3 Å². The third kappa shape index (κ3) is 3.84. The van der Waals surface area contributed by atoms with Gasteiger partial charge in [0.1, 0.15) is 6.04 Å². The quantitative estimate of drug-likeness (QED) is 0.792. The SMILES string of the molecule is COC(C)C(C)NC(C(=O)O)c1ccccc1. The molecule has 0 amide bonds. The molecule has 0 spiro atoms. The summed E-state index contributed by atoms with van der Waals surface area (Å²) < 4.78 is 5.17. The molecule has 3 atom stereocenters. The first-order valence-corrected chi connectivity index (χ1v) is 5.63. The fourth-order valence-corrected chi connectivity index (χ4v) is 1.56. The molecule has 0 saturated heterocycles. The van der Waals surface area contributed by atoms with E-state index in [9.17, 15) is 9.90 Å². The highest BCUT2D eigenvalue weighted by Gasteiger charge is 2.23. The number of benzene rings is 1. The molecule has 2 N–H and O–H groups in total. The molecule has 0 heterocycles. The number of hydrogen-bond acceptors (Lipinski definition) is 3. The van der Waals surface area contributed by atoms with Crippen molar-refractivity contribution in [1.82, 2.24) is 5.32 Å². The molecule has 0 saturated carbocycles. The van der Waals surface area contributed by atoms with Gasteiger partial charge >= 0.3 is 5.97 Å². The molecular formula is C13H19NO3. The summed E-state index contributed by atoms with van der Waals surface area (Å²) in [6, 6.07) is 8.38. The van der Waals surface area contributed by atoms with Gasteiger partial charge in [0.2, 0.25) is 0 Å². The summed E-state index contributed by atoms with van der Waals surface area (Å²) in [4.78, 5) is 11.2. The van der Waals surface area contributed by atoms with E-state index < -0.39 is 12.0 Å². The Labute approximate surface area is 102 Å². The minimum atomic E-state index is -0.883. The molecule has 17 heavy (non-hydrogen) atoms. The average Bonchev–Trinajstić information content (AvgIpc) is 2.35. The predicted octanol–water partition coefficient (Wildman–Crippen LogP) is 1.83. The number of methoxy groups -OCH3 is 1. The lowest BCUT2D eigenvalue weighted by Gasteiger charge is -2.24. The van der Waals surface area contributed by atoms with Crippen molar-refractivity contribution in [2.45, 2.75) is 32.0 Å². The largest absolute Gasteiger partial charge is 0.480 e. The highest BCUT2D eigenvalue weighted by Crippen LogP contribution is 2.14. The van der Waals surface area contributed by atoms with E-state index in [0.717, 1.165) is 5.56 Å². The van der Waals surface area contributed by atoms with E-state index in [1.54, 1.807) is 19.2 Å². The highest BCUT2D eigenvalue weighted by molar-refractivity contribution is 5.75. The van der Waals surface area contributed by atoms with E-state index in [2.05, 4.69) is 5.32 Å². The van der Waals surface area contributed by atoms with Crippen LogP contribution in [-0.4, -0.2) is 30.3 Å². The second kappa shape index (κ2) is 6.37. The Morgan fingerprint density at radius 1 is 1.29 bits per heavy atom. The third-order valence-corrected chi connectivity index (χ3v) is 2.89. The van der Waals surface area contributed by atoms with Gasteiger partial charge in [-0.25, -0.2) is 0 Å². The van der Waals surface area contributed by atoms with Gasteiger partial charge in [0.05, 0.1) is 6.10 Å². The molecule has 0 aliphatic rings. The van der Waals surface area contributed by atoms with E-state index in [0.29, 0.717) is 0 Å². The lowest BCUT2D eigenvalue weighted by atomic mass is 10.1. The van der Waals surface area contributed by atoms with Crippen molar-refractivity contribution < 1.29 is 14.6 Å². The van der Waals surface area contributed by atoms with Crippen LogP contribution in [-0.2, 0) is 9.53 Å². The van der Waals surface area contributed by atoms with Gasteiger partial charge in [0.15, 0.2) is 0 Å². The van der Waals surface area contributed by atoms with Crippen LogP contribution in [0.3, 0.4) is 0 Å². The minimum Gasteiger partial charge on any atom is -0.480 e. The van der Waals surface area contributed by atoms with Gasteiger partial charge in [0, 0.05) is 13.2 Å². The number of carboxylic acids is 1. The van der Waals surface area contributed by atoms with Gasteiger partial charge < -0.3 is 9.84 Å². The van der Waals surface area contributed by atoms with Gasteiger partial charge in [-0.15, -0.1) is 0 Å². The monoisotopic (exact) mass is 237 g/mol. The van der Waals surface area contributed by atoms with Gasteiger partial charge in [-0.05, 0) is 19.4 Å². The normalized spacial score (nSPS) is 16.2. The van der Waals surface area contributed by atoms with E-state index in [-0.39, 0.29) is 12.1 Å². The second-order valence-electron chi connectivity index (χ2n) is 4.08. The Balaban J connectivity index is 2.78. The van der Waals surface area contributed by atoms with Crippen LogP contribution in [0.15, 0.2) is 30.3 Å². The number of aliphatic carboxylic acids is 1. The van der Waals surface area contributed by atoms with Crippen molar-refractivity contribution in [2.24, 2.45) is 0 Å².